The van der Waals surface area contributed by atoms with E-state index in [1.54, 1.807) is 88.4 Å². The van der Waals surface area contributed by atoms with Gasteiger partial charge in [-0.1, -0.05) is 60.7 Å². The second-order valence-electron chi connectivity index (χ2n) is 9.83. The number of hydrogen-bond donors (Lipinski definition) is 0. The Morgan fingerprint density at radius 1 is 0.921 bits per heavy atom. The van der Waals surface area contributed by atoms with Crippen molar-refractivity contribution in [1.29, 1.82) is 0 Å². The van der Waals surface area contributed by atoms with E-state index in [4.69, 9.17) is 4.74 Å². The molecule has 9 heteroatoms. The monoisotopic (exact) mass is 519 g/mol. The van der Waals surface area contributed by atoms with E-state index in [1.165, 1.54) is 24.9 Å². The molecule has 200 valence electrons. The molecule has 1 aliphatic heterocycles. The van der Waals surface area contributed by atoms with E-state index < -0.39 is 41.3 Å². The van der Waals surface area contributed by atoms with Gasteiger partial charge in [0.2, 0.25) is 11.8 Å². The zero-order chi connectivity index (χ0) is 28.2. The van der Waals surface area contributed by atoms with Crippen molar-refractivity contribution in [3.05, 3.63) is 78.0 Å². The quantitative estimate of drug-likeness (QED) is 0.391. The van der Waals surface area contributed by atoms with Crippen LogP contribution in [0.4, 0.5) is 0 Å². The Labute approximate surface area is 222 Å². The number of rotatable bonds is 8. The first-order chi connectivity index (χ1) is 17.9. The summed E-state index contributed by atoms with van der Waals surface area (Å²) in [5.74, 6) is -3.70. The van der Waals surface area contributed by atoms with E-state index >= 15 is 0 Å². The first-order valence-corrected chi connectivity index (χ1v) is 12.4. The van der Waals surface area contributed by atoms with Crippen LogP contribution in [0.5, 0.6) is 0 Å². The Morgan fingerprint density at radius 2 is 1.47 bits per heavy atom. The van der Waals surface area contributed by atoms with E-state index in [9.17, 15) is 24.0 Å². The zero-order valence-electron chi connectivity index (χ0n) is 22.5. The van der Waals surface area contributed by atoms with Crippen molar-refractivity contribution in [2.75, 3.05) is 0 Å². The average Bonchev–Trinajstić information content (AvgIpc) is 2.86. The maximum Gasteiger partial charge on any atom is 0.377 e. The molecule has 1 heterocycles. The van der Waals surface area contributed by atoms with Crippen LogP contribution >= 0.6 is 0 Å². The Kier molecular flexibility index (Phi) is 8.50. The van der Waals surface area contributed by atoms with Crippen LogP contribution in [-0.2, 0) is 35.1 Å². The van der Waals surface area contributed by atoms with Crippen molar-refractivity contribution in [3.63, 3.8) is 0 Å². The molecule has 0 aromatic heterocycles. The summed E-state index contributed by atoms with van der Waals surface area (Å²) in [5, 5.41) is 2.13. The van der Waals surface area contributed by atoms with Gasteiger partial charge in [0.25, 0.3) is 11.7 Å². The Hall–Kier alpha value is -4.27. The number of carbonyl (C=O) groups excluding carboxylic acids is 5. The molecule has 2 aromatic rings. The third kappa shape index (κ3) is 5.82. The lowest BCUT2D eigenvalue weighted by molar-refractivity contribution is -0.174. The molecule has 0 bridgehead atoms. The van der Waals surface area contributed by atoms with Gasteiger partial charge in [-0.25, -0.2) is 14.8 Å². The van der Waals surface area contributed by atoms with Crippen molar-refractivity contribution in [2.24, 2.45) is 0 Å². The number of ether oxygens (including phenoxy) is 1. The summed E-state index contributed by atoms with van der Waals surface area (Å²) < 4.78 is 5.18. The van der Waals surface area contributed by atoms with E-state index in [-0.39, 0.29) is 18.0 Å². The second-order valence-corrected chi connectivity index (χ2v) is 9.83. The summed E-state index contributed by atoms with van der Waals surface area (Å²) in [6, 6.07) is 16.2. The number of nitrogens with zero attached hydrogens (tertiary/aromatic N) is 3. The Morgan fingerprint density at radius 3 is 1.97 bits per heavy atom. The van der Waals surface area contributed by atoms with Gasteiger partial charge in [0.05, 0.1) is 11.8 Å². The number of amides is 3. The Bertz CT molecular complexity index is 1250. The summed E-state index contributed by atoms with van der Waals surface area (Å²) in [4.78, 5) is 67.6. The Balaban J connectivity index is 2.24. The molecule has 0 unspecified atom stereocenters. The number of benzene rings is 2. The summed E-state index contributed by atoms with van der Waals surface area (Å²) in [5.41, 5.74) is 0.0260. The van der Waals surface area contributed by atoms with Gasteiger partial charge in [-0.2, -0.15) is 0 Å². The van der Waals surface area contributed by atoms with E-state index in [1.807, 2.05) is 0 Å². The van der Waals surface area contributed by atoms with Crippen molar-refractivity contribution in [2.45, 2.75) is 65.6 Å². The molecule has 0 radical (unpaired) electrons. The van der Waals surface area contributed by atoms with Gasteiger partial charge >= 0.3 is 5.97 Å². The standard InChI is InChI=1S/C29H33N3O6/c1-19(2)38-27(36)26(35)24(17-22-13-9-7-10-14-22)31(21(4)34)32-25(23-15-11-8-12-16-23)18-30(20(3)33)29(5,6)28(32)37/h7-16,18-19,24H,17H2,1-6H3/t24-/m0/s1. The summed E-state index contributed by atoms with van der Waals surface area (Å²) in [7, 11) is 0. The molecule has 1 atom stereocenters. The third-order valence-corrected chi connectivity index (χ3v) is 6.16. The number of hydrogen-bond acceptors (Lipinski definition) is 6. The number of hydrazine groups is 1. The van der Waals surface area contributed by atoms with Crippen LogP contribution in [-0.4, -0.2) is 62.1 Å². The minimum Gasteiger partial charge on any atom is -0.457 e. The van der Waals surface area contributed by atoms with E-state index in [0.29, 0.717) is 11.1 Å². The maximum atomic E-state index is 14.1. The molecule has 1 aliphatic rings. The van der Waals surface area contributed by atoms with Crippen LogP contribution < -0.4 is 0 Å². The zero-order valence-corrected chi connectivity index (χ0v) is 22.5. The summed E-state index contributed by atoms with van der Waals surface area (Å²) >= 11 is 0. The fraction of sp³-hybridized carbons (Fsp3) is 0.345. The lowest BCUT2D eigenvalue weighted by atomic mass is 9.96. The molecule has 2 aromatic carbocycles. The molecule has 0 saturated carbocycles. The molecule has 0 N–H and O–H groups in total. The predicted molar refractivity (Wildman–Crippen MR) is 141 cm³/mol. The minimum absolute atomic E-state index is 0.0465. The van der Waals surface area contributed by atoms with Gasteiger partial charge in [0.15, 0.2) is 0 Å². The van der Waals surface area contributed by atoms with Gasteiger partial charge in [0.1, 0.15) is 11.6 Å². The lowest BCUT2D eigenvalue weighted by Gasteiger charge is -2.48. The first kappa shape index (κ1) is 28.3. The highest BCUT2D eigenvalue weighted by molar-refractivity contribution is 6.36. The normalized spacial score (nSPS) is 15.6. The second kappa shape index (κ2) is 11.4. The fourth-order valence-electron chi connectivity index (χ4n) is 4.35. The molecule has 0 saturated heterocycles. The molecule has 3 rings (SSSR count). The SMILES string of the molecule is CC(=O)N([C@@H](Cc1ccccc1)C(=O)C(=O)OC(C)C)N1C(=O)C(C)(C)N(C(C)=O)C=C1c1ccccc1. The molecule has 3 amide bonds. The number of carbonyl (C=O) groups is 5. The number of esters is 1. The molecule has 9 nitrogen and oxygen atoms in total. The molecule has 0 spiro atoms. The minimum atomic E-state index is -1.39. The average molecular weight is 520 g/mol. The van der Waals surface area contributed by atoms with Crippen LogP contribution in [0.1, 0.15) is 52.7 Å². The van der Waals surface area contributed by atoms with Crippen LogP contribution in [0.15, 0.2) is 66.9 Å². The highest BCUT2D eigenvalue weighted by atomic mass is 16.5. The first-order valence-electron chi connectivity index (χ1n) is 12.4. The number of ketones is 1. The third-order valence-electron chi connectivity index (χ3n) is 6.16. The largest absolute Gasteiger partial charge is 0.457 e. The molecule has 0 fully saturated rings. The van der Waals surface area contributed by atoms with E-state index in [2.05, 4.69) is 0 Å². The van der Waals surface area contributed by atoms with E-state index in [0.717, 1.165) is 10.0 Å². The van der Waals surface area contributed by atoms with Crippen LogP contribution in [0.2, 0.25) is 0 Å². The van der Waals surface area contributed by atoms with Gasteiger partial charge in [0, 0.05) is 32.0 Å². The summed E-state index contributed by atoms with van der Waals surface area (Å²) in [6.07, 6.45) is 0.884. The van der Waals surface area contributed by atoms with Crippen molar-refractivity contribution in [3.8, 4) is 0 Å². The lowest BCUT2D eigenvalue weighted by Crippen LogP contribution is -2.66. The molecular weight excluding hydrogens is 486 g/mol. The highest BCUT2D eigenvalue weighted by Gasteiger charge is 2.49. The van der Waals surface area contributed by atoms with Crippen LogP contribution in [0.3, 0.4) is 0 Å². The van der Waals surface area contributed by atoms with Gasteiger partial charge in [-0.05, 0) is 33.3 Å². The topological polar surface area (TPSA) is 104 Å². The smallest absolute Gasteiger partial charge is 0.377 e. The number of Topliss-reactive ketones (excluding diaryl/α,β-unsaturated/α-hetero) is 1. The molecule has 38 heavy (non-hydrogen) atoms. The van der Waals surface area contributed by atoms with Crippen molar-refractivity contribution < 1.29 is 28.7 Å². The van der Waals surface area contributed by atoms with Gasteiger partial charge < -0.3 is 9.64 Å². The van der Waals surface area contributed by atoms with Gasteiger partial charge in [-0.3, -0.25) is 19.2 Å². The van der Waals surface area contributed by atoms with Crippen molar-refractivity contribution >= 4 is 35.2 Å². The summed E-state index contributed by atoms with van der Waals surface area (Å²) in [6.45, 7) is 8.91. The van der Waals surface area contributed by atoms with Crippen LogP contribution in [0.25, 0.3) is 5.70 Å². The van der Waals surface area contributed by atoms with Crippen molar-refractivity contribution in [1.82, 2.24) is 14.9 Å². The van der Waals surface area contributed by atoms with Crippen LogP contribution in [0, 0.1) is 0 Å². The highest BCUT2D eigenvalue weighted by Crippen LogP contribution is 2.35. The maximum absolute atomic E-state index is 14.1. The molecule has 0 aliphatic carbocycles. The molecular formula is C29H33N3O6. The fourth-order valence-corrected chi connectivity index (χ4v) is 4.35. The van der Waals surface area contributed by atoms with Gasteiger partial charge in [-0.15, -0.1) is 0 Å². The predicted octanol–water partition coefficient (Wildman–Crippen LogP) is 3.35.